The standard InChI is InChI=1S/C14H21N5O3/c15-13(20)11-8-19(5-7-22-11)14-16-4-3-12(18-14)17-10-2-1-6-21-9-10/h3-4,10-11H,1-2,5-9H2,(H2,15,20)(H,16,17,18)/t10-,11+/m0/s1. The second kappa shape index (κ2) is 6.89. The number of ether oxygens (including phenoxy) is 2. The zero-order chi connectivity index (χ0) is 15.4. The van der Waals surface area contributed by atoms with Gasteiger partial charge in [-0.05, 0) is 18.9 Å². The highest BCUT2D eigenvalue weighted by atomic mass is 16.5. The van der Waals surface area contributed by atoms with E-state index in [1.165, 1.54) is 0 Å². The molecular formula is C14H21N5O3. The van der Waals surface area contributed by atoms with Gasteiger partial charge in [-0.3, -0.25) is 4.79 Å². The summed E-state index contributed by atoms with van der Waals surface area (Å²) < 4.78 is 10.8. The molecule has 0 unspecified atom stereocenters. The first-order valence-corrected chi connectivity index (χ1v) is 7.55. The van der Waals surface area contributed by atoms with Crippen LogP contribution in [0, 0.1) is 0 Å². The Kier molecular flexibility index (Phi) is 4.69. The molecule has 0 spiro atoms. The van der Waals surface area contributed by atoms with Gasteiger partial charge in [0.25, 0.3) is 0 Å². The van der Waals surface area contributed by atoms with E-state index >= 15 is 0 Å². The number of primary amides is 1. The van der Waals surface area contributed by atoms with Crippen LogP contribution in [-0.2, 0) is 14.3 Å². The molecule has 2 fully saturated rings. The third-order valence-electron chi connectivity index (χ3n) is 3.82. The number of nitrogens with one attached hydrogen (secondary N) is 1. The van der Waals surface area contributed by atoms with E-state index in [9.17, 15) is 4.79 Å². The summed E-state index contributed by atoms with van der Waals surface area (Å²) in [5.41, 5.74) is 5.30. The Balaban J connectivity index is 1.66. The predicted octanol–water partition coefficient (Wildman–Crippen LogP) is -0.242. The summed E-state index contributed by atoms with van der Waals surface area (Å²) in [6.45, 7) is 2.98. The Labute approximate surface area is 129 Å². The van der Waals surface area contributed by atoms with Crippen LogP contribution in [0.4, 0.5) is 11.8 Å². The van der Waals surface area contributed by atoms with Gasteiger partial charge in [0.1, 0.15) is 5.82 Å². The topological polar surface area (TPSA) is 103 Å². The Bertz CT molecular complexity index is 521. The molecule has 1 aromatic heterocycles. The summed E-state index contributed by atoms with van der Waals surface area (Å²) in [6, 6.07) is 2.11. The molecule has 0 aliphatic carbocycles. The highest BCUT2D eigenvalue weighted by Crippen LogP contribution is 2.17. The molecule has 3 rings (SSSR count). The van der Waals surface area contributed by atoms with Crippen LogP contribution in [0.2, 0.25) is 0 Å². The Morgan fingerprint density at radius 1 is 1.45 bits per heavy atom. The van der Waals surface area contributed by atoms with Crippen molar-refractivity contribution < 1.29 is 14.3 Å². The number of anilines is 2. The first-order chi connectivity index (χ1) is 10.7. The van der Waals surface area contributed by atoms with Crippen molar-refractivity contribution in [2.45, 2.75) is 25.0 Å². The average Bonchev–Trinajstić information content (AvgIpc) is 2.56. The summed E-state index contributed by atoms with van der Waals surface area (Å²) >= 11 is 0. The van der Waals surface area contributed by atoms with E-state index in [2.05, 4.69) is 15.3 Å². The number of morpholine rings is 1. The molecule has 2 aliphatic rings. The third-order valence-corrected chi connectivity index (χ3v) is 3.82. The molecule has 8 heteroatoms. The molecule has 3 heterocycles. The van der Waals surface area contributed by atoms with Crippen LogP contribution in [-0.4, -0.2) is 60.9 Å². The van der Waals surface area contributed by atoms with Gasteiger partial charge in [-0.15, -0.1) is 0 Å². The number of nitrogens with two attached hydrogens (primary N) is 1. The van der Waals surface area contributed by atoms with E-state index in [0.29, 0.717) is 32.3 Å². The van der Waals surface area contributed by atoms with E-state index in [1.54, 1.807) is 6.20 Å². The van der Waals surface area contributed by atoms with Crippen LogP contribution in [0.1, 0.15) is 12.8 Å². The summed E-state index contributed by atoms with van der Waals surface area (Å²) in [5.74, 6) is 0.886. The summed E-state index contributed by atoms with van der Waals surface area (Å²) in [6.07, 6.45) is 3.23. The summed E-state index contributed by atoms with van der Waals surface area (Å²) in [5, 5.41) is 3.37. The highest BCUT2D eigenvalue weighted by molar-refractivity contribution is 5.79. The fourth-order valence-electron chi connectivity index (χ4n) is 2.65. The molecule has 0 radical (unpaired) electrons. The van der Waals surface area contributed by atoms with Crippen LogP contribution >= 0.6 is 0 Å². The molecule has 0 saturated carbocycles. The maximum atomic E-state index is 11.3. The fourth-order valence-corrected chi connectivity index (χ4v) is 2.65. The van der Waals surface area contributed by atoms with Crippen molar-refractivity contribution in [3.8, 4) is 0 Å². The molecule has 2 aliphatic heterocycles. The zero-order valence-electron chi connectivity index (χ0n) is 12.4. The minimum Gasteiger partial charge on any atom is -0.379 e. The van der Waals surface area contributed by atoms with E-state index in [-0.39, 0.29) is 6.04 Å². The lowest BCUT2D eigenvalue weighted by atomic mass is 10.1. The maximum absolute atomic E-state index is 11.3. The van der Waals surface area contributed by atoms with Crippen molar-refractivity contribution in [1.82, 2.24) is 9.97 Å². The number of rotatable bonds is 4. The van der Waals surface area contributed by atoms with Crippen LogP contribution in [0.15, 0.2) is 12.3 Å². The molecule has 0 aromatic carbocycles. The van der Waals surface area contributed by atoms with Gasteiger partial charge >= 0.3 is 0 Å². The SMILES string of the molecule is NC(=O)[C@H]1CN(c2nccc(N[C@H]3CCCOC3)n2)CCO1. The predicted molar refractivity (Wildman–Crippen MR) is 80.6 cm³/mol. The quantitative estimate of drug-likeness (QED) is 0.791. The summed E-state index contributed by atoms with van der Waals surface area (Å²) in [7, 11) is 0. The number of hydrogen-bond donors (Lipinski definition) is 2. The van der Waals surface area contributed by atoms with Crippen molar-refractivity contribution in [3.63, 3.8) is 0 Å². The van der Waals surface area contributed by atoms with Gasteiger partial charge < -0.3 is 25.4 Å². The van der Waals surface area contributed by atoms with Crippen LogP contribution in [0.5, 0.6) is 0 Å². The van der Waals surface area contributed by atoms with E-state index in [0.717, 1.165) is 25.3 Å². The Hall–Kier alpha value is -1.93. The lowest BCUT2D eigenvalue weighted by molar-refractivity contribution is -0.130. The van der Waals surface area contributed by atoms with E-state index in [1.807, 2.05) is 11.0 Å². The molecule has 1 aromatic rings. The molecule has 8 nitrogen and oxygen atoms in total. The Morgan fingerprint density at radius 3 is 3.14 bits per heavy atom. The first-order valence-electron chi connectivity index (χ1n) is 7.55. The second-order valence-electron chi connectivity index (χ2n) is 5.51. The minimum atomic E-state index is -0.610. The number of carbonyl (C=O) groups excluding carboxylic acids is 1. The number of amides is 1. The van der Waals surface area contributed by atoms with Gasteiger partial charge in [0.05, 0.1) is 25.8 Å². The van der Waals surface area contributed by atoms with E-state index in [4.69, 9.17) is 15.2 Å². The van der Waals surface area contributed by atoms with Gasteiger partial charge in [0.2, 0.25) is 11.9 Å². The van der Waals surface area contributed by atoms with Gasteiger partial charge in [-0.1, -0.05) is 0 Å². The monoisotopic (exact) mass is 307 g/mol. The third kappa shape index (κ3) is 3.63. The normalized spacial score (nSPS) is 25.7. The number of nitrogens with zero attached hydrogens (tertiary/aromatic N) is 3. The van der Waals surface area contributed by atoms with Gasteiger partial charge in [-0.2, -0.15) is 4.98 Å². The average molecular weight is 307 g/mol. The molecule has 0 bridgehead atoms. The van der Waals surface area contributed by atoms with Gasteiger partial charge in [0.15, 0.2) is 6.10 Å². The fraction of sp³-hybridized carbons (Fsp3) is 0.643. The van der Waals surface area contributed by atoms with Crippen LogP contribution in [0.25, 0.3) is 0 Å². The van der Waals surface area contributed by atoms with Crippen LogP contribution < -0.4 is 16.0 Å². The van der Waals surface area contributed by atoms with Crippen molar-refractivity contribution in [2.24, 2.45) is 5.73 Å². The molecule has 3 N–H and O–H groups in total. The zero-order valence-corrected chi connectivity index (χ0v) is 12.4. The number of aromatic nitrogens is 2. The molecular weight excluding hydrogens is 286 g/mol. The largest absolute Gasteiger partial charge is 0.379 e. The smallest absolute Gasteiger partial charge is 0.248 e. The number of hydrogen-bond acceptors (Lipinski definition) is 7. The first kappa shape index (κ1) is 15.0. The van der Waals surface area contributed by atoms with Gasteiger partial charge in [0, 0.05) is 19.3 Å². The Morgan fingerprint density at radius 2 is 2.36 bits per heavy atom. The second-order valence-corrected chi connectivity index (χ2v) is 5.51. The molecule has 2 saturated heterocycles. The maximum Gasteiger partial charge on any atom is 0.248 e. The van der Waals surface area contributed by atoms with Crippen molar-refractivity contribution in [2.75, 3.05) is 43.1 Å². The lowest BCUT2D eigenvalue weighted by Gasteiger charge is -2.31. The van der Waals surface area contributed by atoms with E-state index < -0.39 is 12.0 Å². The van der Waals surface area contributed by atoms with Gasteiger partial charge in [-0.25, -0.2) is 4.98 Å². The number of carbonyl (C=O) groups is 1. The van der Waals surface area contributed by atoms with Crippen LogP contribution in [0.3, 0.4) is 0 Å². The summed E-state index contributed by atoms with van der Waals surface area (Å²) in [4.78, 5) is 22.0. The molecule has 22 heavy (non-hydrogen) atoms. The molecule has 120 valence electrons. The van der Waals surface area contributed by atoms with Crippen molar-refractivity contribution in [3.05, 3.63) is 12.3 Å². The van der Waals surface area contributed by atoms with Crippen molar-refractivity contribution >= 4 is 17.7 Å². The van der Waals surface area contributed by atoms with Crippen molar-refractivity contribution in [1.29, 1.82) is 0 Å². The highest BCUT2D eigenvalue weighted by Gasteiger charge is 2.26. The molecule has 1 amide bonds. The lowest BCUT2D eigenvalue weighted by Crippen LogP contribution is -2.49. The minimum absolute atomic E-state index is 0.277. The molecule has 2 atom stereocenters.